The number of benzene rings is 2. The second kappa shape index (κ2) is 9.09. The third-order valence-electron chi connectivity index (χ3n) is 5.65. The Kier molecular flexibility index (Phi) is 6.10. The molecule has 1 saturated heterocycles. The smallest absolute Gasteiger partial charge is 0.224 e. The number of para-hydroxylation sites is 2. The van der Waals surface area contributed by atoms with Crippen molar-refractivity contribution in [1.82, 2.24) is 14.9 Å². The minimum Gasteiger partial charge on any atom is -0.497 e. The molecule has 1 amide bonds. The van der Waals surface area contributed by atoms with Gasteiger partial charge in [0.05, 0.1) is 24.7 Å². The van der Waals surface area contributed by atoms with Crippen LogP contribution in [0.15, 0.2) is 48.5 Å². The van der Waals surface area contributed by atoms with Crippen LogP contribution in [0.1, 0.15) is 31.5 Å². The maximum absolute atomic E-state index is 12.3. The highest BCUT2D eigenvalue weighted by Gasteiger charge is 2.21. The summed E-state index contributed by atoms with van der Waals surface area (Å²) < 4.78 is 5.20. The fourth-order valence-corrected chi connectivity index (χ4v) is 3.99. The number of nitrogens with zero attached hydrogens (tertiary/aromatic N) is 2. The van der Waals surface area contributed by atoms with E-state index in [9.17, 15) is 4.79 Å². The first kappa shape index (κ1) is 19.5. The van der Waals surface area contributed by atoms with Gasteiger partial charge in [0.15, 0.2) is 0 Å². The van der Waals surface area contributed by atoms with E-state index in [2.05, 4.69) is 26.3 Å². The van der Waals surface area contributed by atoms with Gasteiger partial charge in [-0.3, -0.25) is 9.69 Å². The Labute approximate surface area is 171 Å². The zero-order valence-electron chi connectivity index (χ0n) is 16.9. The highest BCUT2D eigenvalue weighted by Crippen LogP contribution is 2.24. The van der Waals surface area contributed by atoms with Gasteiger partial charge in [0.1, 0.15) is 11.6 Å². The minimum atomic E-state index is 0.0722. The molecule has 0 aliphatic carbocycles. The van der Waals surface area contributed by atoms with Gasteiger partial charge >= 0.3 is 0 Å². The van der Waals surface area contributed by atoms with Crippen LogP contribution in [0, 0.1) is 5.92 Å². The topological polar surface area (TPSA) is 70.2 Å². The van der Waals surface area contributed by atoms with Gasteiger partial charge in [-0.05, 0) is 62.5 Å². The summed E-state index contributed by atoms with van der Waals surface area (Å²) in [5.74, 6) is 2.46. The Morgan fingerprint density at radius 1 is 1.21 bits per heavy atom. The van der Waals surface area contributed by atoms with Crippen molar-refractivity contribution >= 4 is 22.6 Å². The number of imidazole rings is 1. The van der Waals surface area contributed by atoms with Crippen LogP contribution in [0.25, 0.3) is 11.0 Å². The van der Waals surface area contributed by atoms with Crippen molar-refractivity contribution in [2.24, 2.45) is 5.92 Å². The van der Waals surface area contributed by atoms with E-state index in [-0.39, 0.29) is 5.91 Å². The molecule has 1 fully saturated rings. The maximum Gasteiger partial charge on any atom is 0.224 e. The lowest BCUT2D eigenvalue weighted by molar-refractivity contribution is -0.116. The summed E-state index contributed by atoms with van der Waals surface area (Å²) in [4.78, 5) is 22.8. The SMILES string of the molecule is COc1cccc(NC(=O)CCC2CCN(Cc3nc4ccccc4[nH]3)CC2)c1. The number of carbonyl (C=O) groups is 1. The van der Waals surface area contributed by atoms with Crippen LogP contribution in [0.5, 0.6) is 5.75 Å². The van der Waals surface area contributed by atoms with Crippen molar-refractivity contribution in [3.63, 3.8) is 0 Å². The fraction of sp³-hybridized carbons (Fsp3) is 0.391. The molecule has 1 aliphatic rings. The van der Waals surface area contributed by atoms with E-state index in [0.29, 0.717) is 12.3 Å². The maximum atomic E-state index is 12.3. The number of rotatable bonds is 7. The summed E-state index contributed by atoms with van der Waals surface area (Å²) >= 11 is 0. The van der Waals surface area contributed by atoms with Gasteiger partial charge in [0.2, 0.25) is 5.91 Å². The van der Waals surface area contributed by atoms with E-state index < -0.39 is 0 Å². The number of amides is 1. The quantitative estimate of drug-likeness (QED) is 0.632. The molecule has 4 rings (SSSR count). The molecule has 2 heterocycles. The number of ether oxygens (including phenoxy) is 1. The third kappa shape index (κ3) is 5.15. The van der Waals surface area contributed by atoms with Crippen molar-refractivity contribution in [2.75, 3.05) is 25.5 Å². The summed E-state index contributed by atoms with van der Waals surface area (Å²) in [5.41, 5.74) is 2.91. The van der Waals surface area contributed by atoms with Crippen molar-refractivity contribution in [2.45, 2.75) is 32.2 Å². The summed E-state index contributed by atoms with van der Waals surface area (Å²) in [6.07, 6.45) is 3.76. The second-order valence-electron chi connectivity index (χ2n) is 7.74. The van der Waals surface area contributed by atoms with Gasteiger partial charge in [-0.1, -0.05) is 18.2 Å². The molecule has 29 heavy (non-hydrogen) atoms. The van der Waals surface area contributed by atoms with Gasteiger partial charge in [0, 0.05) is 18.2 Å². The first-order valence-electron chi connectivity index (χ1n) is 10.3. The third-order valence-corrected chi connectivity index (χ3v) is 5.65. The van der Waals surface area contributed by atoms with E-state index in [1.54, 1.807) is 7.11 Å². The Morgan fingerprint density at radius 2 is 2.03 bits per heavy atom. The molecule has 1 aromatic heterocycles. The number of H-pyrrole nitrogens is 1. The molecule has 0 bridgehead atoms. The lowest BCUT2D eigenvalue weighted by atomic mass is 9.92. The van der Waals surface area contributed by atoms with Crippen LogP contribution in [0.2, 0.25) is 0 Å². The van der Waals surface area contributed by atoms with Crippen molar-refractivity contribution in [3.05, 3.63) is 54.4 Å². The molecular formula is C23H28N4O2. The van der Waals surface area contributed by atoms with E-state index in [4.69, 9.17) is 4.74 Å². The summed E-state index contributed by atoms with van der Waals surface area (Å²) in [5, 5.41) is 2.97. The number of anilines is 1. The number of fused-ring (bicyclic) bond motifs is 1. The number of aromatic amines is 1. The normalized spacial score (nSPS) is 15.5. The molecule has 0 unspecified atom stereocenters. The van der Waals surface area contributed by atoms with E-state index in [0.717, 1.165) is 67.2 Å². The fourth-order valence-electron chi connectivity index (χ4n) is 3.99. The Bertz CT molecular complexity index is 927. The van der Waals surface area contributed by atoms with E-state index >= 15 is 0 Å². The zero-order chi connectivity index (χ0) is 20.1. The van der Waals surface area contributed by atoms with Crippen molar-refractivity contribution in [1.29, 1.82) is 0 Å². The molecule has 1 aliphatic heterocycles. The predicted octanol–water partition coefficient (Wildman–Crippen LogP) is 4.20. The van der Waals surface area contributed by atoms with Crippen LogP contribution >= 0.6 is 0 Å². The van der Waals surface area contributed by atoms with Crippen molar-refractivity contribution < 1.29 is 9.53 Å². The standard InChI is InChI=1S/C23H28N4O2/c1-29-19-6-4-5-18(15-19)24-23(28)10-9-17-11-13-27(14-12-17)16-22-25-20-7-2-3-8-21(20)26-22/h2-8,15,17H,9-14,16H2,1H3,(H,24,28)(H,25,26). The van der Waals surface area contributed by atoms with E-state index in [1.165, 1.54) is 0 Å². The van der Waals surface area contributed by atoms with Crippen LogP contribution in [-0.2, 0) is 11.3 Å². The molecule has 0 atom stereocenters. The van der Waals surface area contributed by atoms with Gasteiger partial charge in [-0.2, -0.15) is 0 Å². The number of hydrogen-bond acceptors (Lipinski definition) is 4. The molecular weight excluding hydrogens is 364 g/mol. The number of likely N-dealkylation sites (tertiary alicyclic amines) is 1. The number of nitrogens with one attached hydrogen (secondary N) is 2. The first-order valence-corrected chi connectivity index (χ1v) is 10.3. The van der Waals surface area contributed by atoms with Crippen molar-refractivity contribution in [3.8, 4) is 5.75 Å². The number of hydrogen-bond donors (Lipinski definition) is 2. The minimum absolute atomic E-state index is 0.0722. The largest absolute Gasteiger partial charge is 0.497 e. The first-order chi connectivity index (χ1) is 14.2. The number of carbonyl (C=O) groups excluding carboxylic acids is 1. The Hall–Kier alpha value is -2.86. The summed E-state index contributed by atoms with van der Waals surface area (Å²) in [7, 11) is 1.63. The highest BCUT2D eigenvalue weighted by atomic mass is 16.5. The lowest BCUT2D eigenvalue weighted by Gasteiger charge is -2.31. The highest BCUT2D eigenvalue weighted by molar-refractivity contribution is 5.90. The van der Waals surface area contributed by atoms with Crippen LogP contribution in [0.4, 0.5) is 5.69 Å². The molecule has 6 nitrogen and oxygen atoms in total. The van der Waals surface area contributed by atoms with Crippen LogP contribution < -0.4 is 10.1 Å². The average molecular weight is 393 g/mol. The summed E-state index contributed by atoms with van der Waals surface area (Å²) in [6.45, 7) is 2.97. The Morgan fingerprint density at radius 3 is 2.83 bits per heavy atom. The number of methoxy groups -OCH3 is 1. The lowest BCUT2D eigenvalue weighted by Crippen LogP contribution is -2.33. The van der Waals surface area contributed by atoms with Gasteiger partial charge in [-0.15, -0.1) is 0 Å². The van der Waals surface area contributed by atoms with Gasteiger partial charge in [0.25, 0.3) is 0 Å². The predicted molar refractivity (Wildman–Crippen MR) is 115 cm³/mol. The Balaban J connectivity index is 1.20. The van der Waals surface area contributed by atoms with Gasteiger partial charge in [-0.25, -0.2) is 4.98 Å². The van der Waals surface area contributed by atoms with Crippen LogP contribution in [0.3, 0.4) is 0 Å². The average Bonchev–Trinajstić information content (AvgIpc) is 3.15. The molecule has 0 spiro atoms. The molecule has 3 aromatic rings. The summed E-state index contributed by atoms with van der Waals surface area (Å²) in [6, 6.07) is 15.6. The second-order valence-corrected chi connectivity index (χ2v) is 7.74. The van der Waals surface area contributed by atoms with Crippen LogP contribution in [-0.4, -0.2) is 41.0 Å². The van der Waals surface area contributed by atoms with Gasteiger partial charge < -0.3 is 15.0 Å². The number of piperidine rings is 1. The molecule has 152 valence electrons. The molecule has 2 aromatic carbocycles. The molecule has 6 heteroatoms. The van der Waals surface area contributed by atoms with E-state index in [1.807, 2.05) is 42.5 Å². The number of aromatic nitrogens is 2. The molecule has 2 N–H and O–H groups in total. The molecule has 0 saturated carbocycles. The molecule has 0 radical (unpaired) electrons. The zero-order valence-corrected chi connectivity index (χ0v) is 16.9. The monoisotopic (exact) mass is 392 g/mol.